The van der Waals surface area contributed by atoms with Crippen LogP contribution in [0.5, 0.6) is 0 Å². The molecule has 5 fully saturated rings. The van der Waals surface area contributed by atoms with Gasteiger partial charge in [0.1, 0.15) is 60.7 Å². The van der Waals surface area contributed by atoms with E-state index in [1.54, 1.807) is 19.9 Å². The highest BCUT2D eigenvalue weighted by molar-refractivity contribution is 5.91. The van der Waals surface area contributed by atoms with Crippen LogP contribution in [0.2, 0.25) is 0 Å². The summed E-state index contributed by atoms with van der Waals surface area (Å²) in [5.41, 5.74) is 1.36. The largest absolute Gasteiger partial charge is 0.388 e. The van der Waals surface area contributed by atoms with Crippen LogP contribution in [-0.2, 0) is 33.2 Å². The Labute approximate surface area is 378 Å². The average Bonchev–Trinajstić information content (AvgIpc) is 3.65. The van der Waals surface area contributed by atoms with E-state index < -0.39 is 121 Å². The Morgan fingerprint density at radius 1 is 0.688 bits per heavy atom. The van der Waals surface area contributed by atoms with Gasteiger partial charge < -0.3 is 74.4 Å². The number of hydrogen-bond acceptors (Lipinski definition) is 16. The Morgan fingerprint density at radius 2 is 1.19 bits per heavy atom. The van der Waals surface area contributed by atoms with E-state index in [-0.39, 0.29) is 24.0 Å². The minimum Gasteiger partial charge on any atom is -0.388 e. The molecule has 22 atom stereocenters. The summed E-state index contributed by atoms with van der Waals surface area (Å²) in [5, 5.41) is 99.6. The Hall–Kier alpha value is -1.97. The van der Waals surface area contributed by atoms with Gasteiger partial charge in [0.2, 0.25) is 0 Å². The molecule has 64 heavy (non-hydrogen) atoms. The number of Topliss-reactive ketones (excluding diaryl/α,β-unsaturated/α-hetero) is 1. The van der Waals surface area contributed by atoms with Crippen molar-refractivity contribution < 1.29 is 79.2 Å². The fourth-order valence-electron chi connectivity index (χ4n) is 10.3. The molecule has 366 valence electrons. The lowest BCUT2D eigenvalue weighted by atomic mass is 9.53. The lowest BCUT2D eigenvalue weighted by molar-refractivity contribution is -0.373. The minimum atomic E-state index is -1.74. The van der Waals surface area contributed by atoms with Gasteiger partial charge in [0, 0.05) is 5.41 Å². The van der Waals surface area contributed by atoms with Gasteiger partial charge >= 0.3 is 0 Å². The maximum absolute atomic E-state index is 14.5. The van der Waals surface area contributed by atoms with E-state index in [0.29, 0.717) is 24.0 Å². The molecule has 3 heterocycles. The first-order chi connectivity index (χ1) is 29.8. The molecule has 9 N–H and O–H groups in total. The number of aliphatic hydroxyl groups excluding tert-OH is 8. The summed E-state index contributed by atoms with van der Waals surface area (Å²) >= 11 is 0. The van der Waals surface area contributed by atoms with Crippen molar-refractivity contribution in [2.75, 3.05) is 0 Å². The van der Waals surface area contributed by atoms with Gasteiger partial charge in [0.25, 0.3) is 0 Å². The van der Waals surface area contributed by atoms with Crippen LogP contribution in [0, 0.1) is 23.2 Å². The number of aliphatic hydroxyl groups is 9. The Bertz CT molecular complexity index is 1710. The highest BCUT2D eigenvalue weighted by atomic mass is 16.8. The maximum Gasteiger partial charge on any atom is 0.187 e. The number of ketones is 1. The Kier molecular flexibility index (Phi) is 17.8. The average molecular weight is 911 g/mol. The molecule has 3 saturated heterocycles. The number of allylic oxidation sites excluding steroid dienone is 2. The summed E-state index contributed by atoms with van der Waals surface area (Å²) < 4.78 is 35.7. The molecule has 5 aliphatic rings. The third-order valence-electron chi connectivity index (χ3n) is 14.8. The van der Waals surface area contributed by atoms with E-state index >= 15 is 0 Å². The summed E-state index contributed by atoms with van der Waals surface area (Å²) in [5.74, 6) is -1.13. The summed E-state index contributed by atoms with van der Waals surface area (Å²) in [7, 11) is 0. The number of carbonyl (C=O) groups is 1. The standard InChI is InChI=1S/C48H78O16/c1-22(2)14-16-32(49)25(6)21-31-43(57)47(11)19-12-13-30(47)26(7)48(31,58)20-18-24(5)33(17-15-23(3)4)62-44-39(55)36(52)41(28(9)60-44)64-46-40(56)37(53)42(29(10)61-46)63-45-38(54)35(51)34(50)27(8)59-45/h14-15,18,21,26-42,44-46,49-56,58H,12-13,16-17,19-20H2,1-11H3. The zero-order valence-corrected chi connectivity index (χ0v) is 39.5. The first-order valence-corrected chi connectivity index (χ1v) is 23.1. The van der Waals surface area contributed by atoms with Gasteiger partial charge in [-0.05, 0) is 117 Å². The van der Waals surface area contributed by atoms with E-state index in [2.05, 4.69) is 0 Å². The van der Waals surface area contributed by atoms with Crippen molar-refractivity contribution in [1.82, 2.24) is 0 Å². The molecule has 16 nitrogen and oxygen atoms in total. The SMILES string of the molecule is CC(C)=CCC(O)C(C)=CC1C(=O)C2(C)CCCC2C(C)C1(O)CC=C(C)C(CC=C(C)C)OC1OC(C)C(OC2OC(C)C(OC3OC(C)C(O)C(O)C3O)C(O)C2O)C(O)C1O. The second-order valence-electron chi connectivity index (χ2n) is 20.0. The second-order valence-corrected chi connectivity index (χ2v) is 20.0. The highest BCUT2D eigenvalue weighted by Crippen LogP contribution is 2.58. The summed E-state index contributed by atoms with van der Waals surface area (Å²) in [4.78, 5) is 14.5. The van der Waals surface area contributed by atoms with Crippen molar-refractivity contribution in [3.05, 3.63) is 46.6 Å². The molecule has 5 rings (SSSR count). The molecule has 0 radical (unpaired) electrons. The molecule has 0 spiro atoms. The number of carbonyl (C=O) groups excluding carboxylic acids is 1. The summed E-state index contributed by atoms with van der Waals surface area (Å²) in [6.45, 7) is 20.1. The van der Waals surface area contributed by atoms with Crippen molar-refractivity contribution in [2.45, 2.75) is 225 Å². The van der Waals surface area contributed by atoms with Crippen LogP contribution in [0.3, 0.4) is 0 Å². The lowest BCUT2D eigenvalue weighted by Crippen LogP contribution is -2.65. The van der Waals surface area contributed by atoms with Crippen LogP contribution in [0.1, 0.15) is 115 Å². The molecule has 2 saturated carbocycles. The third-order valence-corrected chi connectivity index (χ3v) is 14.8. The van der Waals surface area contributed by atoms with Crippen LogP contribution in [-0.4, -0.2) is 162 Å². The molecule has 0 bridgehead atoms. The van der Waals surface area contributed by atoms with Gasteiger partial charge in [0.15, 0.2) is 18.9 Å². The van der Waals surface area contributed by atoms with Crippen molar-refractivity contribution in [3.63, 3.8) is 0 Å². The fourth-order valence-corrected chi connectivity index (χ4v) is 10.3. The number of rotatable bonds is 15. The van der Waals surface area contributed by atoms with E-state index in [1.165, 1.54) is 13.8 Å². The molecule has 3 aliphatic heterocycles. The zero-order valence-electron chi connectivity index (χ0n) is 39.5. The molecule has 16 heteroatoms. The monoisotopic (exact) mass is 911 g/mol. The third kappa shape index (κ3) is 11.1. The van der Waals surface area contributed by atoms with Crippen molar-refractivity contribution >= 4 is 5.78 Å². The predicted molar refractivity (Wildman–Crippen MR) is 234 cm³/mol. The van der Waals surface area contributed by atoms with Gasteiger partial charge in [-0.2, -0.15) is 0 Å². The fraction of sp³-hybridized carbons (Fsp3) is 0.812. The number of fused-ring (bicyclic) bond motifs is 1. The van der Waals surface area contributed by atoms with Crippen molar-refractivity contribution in [1.29, 1.82) is 0 Å². The van der Waals surface area contributed by atoms with Gasteiger partial charge in [-0.15, -0.1) is 0 Å². The van der Waals surface area contributed by atoms with E-state index in [0.717, 1.165) is 30.4 Å². The Balaban J connectivity index is 1.30. The number of hydrogen-bond donors (Lipinski definition) is 9. The van der Waals surface area contributed by atoms with Crippen LogP contribution in [0.4, 0.5) is 0 Å². The van der Waals surface area contributed by atoms with Crippen molar-refractivity contribution in [2.24, 2.45) is 23.2 Å². The van der Waals surface area contributed by atoms with Crippen LogP contribution in [0.25, 0.3) is 0 Å². The topological polar surface area (TPSA) is 255 Å². The van der Waals surface area contributed by atoms with E-state index in [1.807, 2.05) is 66.7 Å². The van der Waals surface area contributed by atoms with Crippen LogP contribution < -0.4 is 0 Å². The Morgan fingerprint density at radius 3 is 1.75 bits per heavy atom. The van der Waals surface area contributed by atoms with Gasteiger partial charge in [-0.3, -0.25) is 4.79 Å². The minimum absolute atomic E-state index is 0.0119. The zero-order chi connectivity index (χ0) is 47.7. The second kappa shape index (κ2) is 21.5. The smallest absolute Gasteiger partial charge is 0.187 e. The molecule has 0 aromatic carbocycles. The first kappa shape index (κ1) is 53.0. The van der Waals surface area contributed by atoms with Gasteiger partial charge in [0.05, 0.1) is 42.0 Å². The van der Waals surface area contributed by atoms with E-state index in [4.69, 9.17) is 28.4 Å². The molecular formula is C48H78O16. The summed E-state index contributed by atoms with van der Waals surface area (Å²) in [6.07, 6.45) is -11.6. The molecule has 0 amide bonds. The quantitative estimate of drug-likeness (QED) is 0.107. The van der Waals surface area contributed by atoms with E-state index in [9.17, 15) is 50.8 Å². The molecule has 22 unspecified atom stereocenters. The molecule has 2 aliphatic carbocycles. The number of ether oxygens (including phenoxy) is 6. The van der Waals surface area contributed by atoms with Gasteiger partial charge in [-0.25, -0.2) is 0 Å². The van der Waals surface area contributed by atoms with Crippen molar-refractivity contribution in [3.8, 4) is 0 Å². The van der Waals surface area contributed by atoms with Gasteiger partial charge in [-0.1, -0.05) is 55.7 Å². The molecular weight excluding hydrogens is 833 g/mol. The lowest BCUT2D eigenvalue weighted by Gasteiger charge is -2.52. The van der Waals surface area contributed by atoms with Crippen LogP contribution >= 0.6 is 0 Å². The predicted octanol–water partition coefficient (Wildman–Crippen LogP) is 2.63. The normalized spacial score (nSPS) is 45.4. The highest BCUT2D eigenvalue weighted by Gasteiger charge is 2.62. The molecule has 0 aromatic rings. The van der Waals surface area contributed by atoms with Crippen LogP contribution in [0.15, 0.2) is 46.6 Å². The summed E-state index contributed by atoms with van der Waals surface area (Å²) in [6, 6.07) is 0. The molecule has 0 aromatic heterocycles. The first-order valence-electron chi connectivity index (χ1n) is 23.1. The maximum atomic E-state index is 14.5.